The molecular formula is C20H17BrN2O3. The maximum Gasteiger partial charge on any atom is 0.256 e. The van der Waals surface area contributed by atoms with Gasteiger partial charge in [0, 0.05) is 10.5 Å². The van der Waals surface area contributed by atoms with Crippen LogP contribution in [0.4, 0.5) is 5.69 Å². The summed E-state index contributed by atoms with van der Waals surface area (Å²) in [5, 5.41) is 2.81. The molecule has 0 aliphatic heterocycles. The number of anilines is 1. The summed E-state index contributed by atoms with van der Waals surface area (Å²) in [7, 11) is 1.56. The van der Waals surface area contributed by atoms with Gasteiger partial charge in [-0.3, -0.25) is 4.79 Å². The predicted molar refractivity (Wildman–Crippen MR) is 104 cm³/mol. The van der Waals surface area contributed by atoms with Crippen molar-refractivity contribution in [3.8, 4) is 11.6 Å². The average molecular weight is 413 g/mol. The first-order chi connectivity index (χ1) is 12.7. The van der Waals surface area contributed by atoms with Crippen LogP contribution in [0.25, 0.3) is 0 Å². The normalized spacial score (nSPS) is 10.2. The van der Waals surface area contributed by atoms with E-state index < -0.39 is 0 Å². The molecule has 6 heteroatoms. The molecule has 1 heterocycles. The third kappa shape index (κ3) is 4.61. The topological polar surface area (TPSA) is 60.5 Å². The quantitative estimate of drug-likeness (QED) is 0.638. The molecule has 0 radical (unpaired) electrons. The minimum Gasteiger partial charge on any atom is -0.497 e. The SMILES string of the molecule is COc1ccc(Br)c(C(=O)Nc2ccc(OCc3ccccc3)nc2)c1. The van der Waals surface area contributed by atoms with Crippen molar-refractivity contribution < 1.29 is 14.3 Å². The molecule has 1 amide bonds. The molecule has 1 N–H and O–H groups in total. The van der Waals surface area contributed by atoms with E-state index in [0.29, 0.717) is 34.0 Å². The van der Waals surface area contributed by atoms with Gasteiger partial charge in [-0.2, -0.15) is 0 Å². The van der Waals surface area contributed by atoms with Crippen molar-refractivity contribution in [2.45, 2.75) is 6.61 Å². The Kier molecular flexibility index (Phi) is 5.86. The number of pyridine rings is 1. The van der Waals surface area contributed by atoms with Gasteiger partial charge in [0.2, 0.25) is 5.88 Å². The molecule has 0 bridgehead atoms. The van der Waals surface area contributed by atoms with Gasteiger partial charge in [-0.05, 0) is 45.8 Å². The molecular weight excluding hydrogens is 396 g/mol. The second kappa shape index (κ2) is 8.49. The lowest BCUT2D eigenvalue weighted by Crippen LogP contribution is -2.13. The summed E-state index contributed by atoms with van der Waals surface area (Å²) >= 11 is 3.38. The van der Waals surface area contributed by atoms with E-state index in [1.807, 2.05) is 30.3 Å². The second-order valence-corrected chi connectivity index (χ2v) is 6.31. The molecule has 0 unspecified atom stereocenters. The smallest absolute Gasteiger partial charge is 0.256 e. The number of aromatic nitrogens is 1. The Labute approximate surface area is 160 Å². The van der Waals surface area contributed by atoms with Gasteiger partial charge in [0.25, 0.3) is 5.91 Å². The van der Waals surface area contributed by atoms with E-state index >= 15 is 0 Å². The fourth-order valence-corrected chi connectivity index (χ4v) is 2.70. The zero-order valence-electron chi connectivity index (χ0n) is 14.1. The maximum absolute atomic E-state index is 12.4. The van der Waals surface area contributed by atoms with Crippen molar-refractivity contribution in [1.82, 2.24) is 4.98 Å². The van der Waals surface area contributed by atoms with Gasteiger partial charge < -0.3 is 14.8 Å². The lowest BCUT2D eigenvalue weighted by atomic mass is 10.2. The first kappa shape index (κ1) is 17.9. The van der Waals surface area contributed by atoms with Gasteiger partial charge in [0.05, 0.1) is 24.6 Å². The fraction of sp³-hybridized carbons (Fsp3) is 0.100. The Morgan fingerprint density at radius 2 is 1.92 bits per heavy atom. The Morgan fingerprint density at radius 1 is 1.12 bits per heavy atom. The number of nitrogens with zero attached hydrogens (tertiary/aromatic N) is 1. The molecule has 3 aromatic rings. The van der Waals surface area contributed by atoms with Gasteiger partial charge in [0.15, 0.2) is 0 Å². The lowest BCUT2D eigenvalue weighted by Gasteiger charge is -2.09. The zero-order valence-corrected chi connectivity index (χ0v) is 15.7. The molecule has 3 rings (SSSR count). The summed E-state index contributed by atoms with van der Waals surface area (Å²) in [4.78, 5) is 16.7. The Morgan fingerprint density at radius 3 is 2.62 bits per heavy atom. The highest BCUT2D eigenvalue weighted by Crippen LogP contribution is 2.23. The summed E-state index contributed by atoms with van der Waals surface area (Å²) in [6, 6.07) is 18.5. The highest BCUT2D eigenvalue weighted by atomic mass is 79.9. The number of halogens is 1. The average Bonchev–Trinajstić information content (AvgIpc) is 2.68. The number of ether oxygens (including phenoxy) is 2. The van der Waals surface area contributed by atoms with Gasteiger partial charge in [-0.15, -0.1) is 0 Å². The first-order valence-electron chi connectivity index (χ1n) is 7.93. The number of carbonyl (C=O) groups is 1. The van der Waals surface area contributed by atoms with Gasteiger partial charge in [0.1, 0.15) is 12.4 Å². The van der Waals surface area contributed by atoms with E-state index in [0.717, 1.165) is 5.56 Å². The first-order valence-corrected chi connectivity index (χ1v) is 8.72. The molecule has 0 saturated heterocycles. The zero-order chi connectivity index (χ0) is 18.4. The van der Waals surface area contributed by atoms with Crippen LogP contribution in [0.3, 0.4) is 0 Å². The van der Waals surface area contributed by atoms with Crippen LogP contribution in [0.5, 0.6) is 11.6 Å². The summed E-state index contributed by atoms with van der Waals surface area (Å²) < 4.78 is 11.5. The van der Waals surface area contributed by atoms with E-state index in [4.69, 9.17) is 9.47 Å². The number of hydrogen-bond donors (Lipinski definition) is 1. The fourth-order valence-electron chi connectivity index (χ4n) is 2.27. The molecule has 0 fully saturated rings. The van der Waals surface area contributed by atoms with Gasteiger partial charge in [-0.25, -0.2) is 4.98 Å². The Bertz CT molecular complexity index is 883. The summed E-state index contributed by atoms with van der Waals surface area (Å²) in [6.07, 6.45) is 1.56. The predicted octanol–water partition coefficient (Wildman–Crippen LogP) is 4.68. The molecule has 26 heavy (non-hydrogen) atoms. The highest BCUT2D eigenvalue weighted by molar-refractivity contribution is 9.10. The third-order valence-corrected chi connectivity index (χ3v) is 4.33. The Balaban J connectivity index is 1.63. The van der Waals surface area contributed by atoms with Crippen LogP contribution < -0.4 is 14.8 Å². The van der Waals surface area contributed by atoms with Crippen molar-refractivity contribution >= 4 is 27.5 Å². The summed E-state index contributed by atoms with van der Waals surface area (Å²) in [5.41, 5.74) is 2.13. The van der Waals surface area contributed by atoms with Crippen molar-refractivity contribution in [1.29, 1.82) is 0 Å². The van der Waals surface area contributed by atoms with Crippen molar-refractivity contribution in [3.05, 3.63) is 82.5 Å². The molecule has 5 nitrogen and oxygen atoms in total. The maximum atomic E-state index is 12.4. The van der Waals surface area contributed by atoms with Crippen LogP contribution in [-0.4, -0.2) is 18.0 Å². The Hall–Kier alpha value is -2.86. The van der Waals surface area contributed by atoms with Gasteiger partial charge in [-0.1, -0.05) is 30.3 Å². The molecule has 1 aromatic heterocycles. The molecule has 132 valence electrons. The third-order valence-electron chi connectivity index (χ3n) is 3.64. The van der Waals surface area contributed by atoms with E-state index in [2.05, 4.69) is 26.2 Å². The van der Waals surface area contributed by atoms with Crippen LogP contribution in [0.2, 0.25) is 0 Å². The molecule has 0 aliphatic rings. The van der Waals surface area contributed by atoms with Crippen molar-refractivity contribution in [2.24, 2.45) is 0 Å². The van der Waals surface area contributed by atoms with Crippen LogP contribution in [0, 0.1) is 0 Å². The van der Waals surface area contributed by atoms with E-state index in [-0.39, 0.29) is 5.91 Å². The highest BCUT2D eigenvalue weighted by Gasteiger charge is 2.12. The summed E-state index contributed by atoms with van der Waals surface area (Å²) in [5.74, 6) is 0.853. The van der Waals surface area contributed by atoms with Gasteiger partial charge >= 0.3 is 0 Å². The largest absolute Gasteiger partial charge is 0.497 e. The number of nitrogens with one attached hydrogen (secondary N) is 1. The standard InChI is InChI=1S/C20H17BrN2O3/c1-25-16-8-9-18(21)17(11-16)20(24)23-15-7-10-19(22-12-15)26-13-14-5-3-2-4-6-14/h2-12H,13H2,1H3,(H,23,24). The second-order valence-electron chi connectivity index (χ2n) is 5.46. The van der Waals surface area contributed by atoms with Crippen LogP contribution in [0.15, 0.2) is 71.3 Å². The number of hydrogen-bond acceptors (Lipinski definition) is 4. The van der Waals surface area contributed by atoms with Crippen molar-refractivity contribution in [2.75, 3.05) is 12.4 Å². The van der Waals surface area contributed by atoms with E-state index in [1.165, 1.54) is 0 Å². The number of carbonyl (C=O) groups excluding carboxylic acids is 1. The number of amides is 1. The monoisotopic (exact) mass is 412 g/mol. The van der Waals surface area contributed by atoms with Crippen molar-refractivity contribution in [3.63, 3.8) is 0 Å². The van der Waals surface area contributed by atoms with E-state index in [9.17, 15) is 4.79 Å². The minimum atomic E-state index is -0.254. The minimum absolute atomic E-state index is 0.254. The molecule has 0 atom stereocenters. The number of rotatable bonds is 6. The molecule has 2 aromatic carbocycles. The molecule has 0 aliphatic carbocycles. The molecule has 0 spiro atoms. The van der Waals surface area contributed by atoms with Crippen LogP contribution >= 0.6 is 15.9 Å². The molecule has 0 saturated carbocycles. The number of methoxy groups -OCH3 is 1. The van der Waals surface area contributed by atoms with Crippen LogP contribution in [0.1, 0.15) is 15.9 Å². The summed E-state index contributed by atoms with van der Waals surface area (Å²) in [6.45, 7) is 0.441. The lowest BCUT2D eigenvalue weighted by molar-refractivity contribution is 0.102. The van der Waals surface area contributed by atoms with Crippen LogP contribution in [-0.2, 0) is 6.61 Å². The van der Waals surface area contributed by atoms with E-state index in [1.54, 1.807) is 43.6 Å². The number of benzene rings is 2.